The third kappa shape index (κ3) is 2.59. The highest BCUT2D eigenvalue weighted by atomic mass is 35.5. The number of rotatable bonds is 1. The lowest BCUT2D eigenvalue weighted by molar-refractivity contribution is -0.147. The van der Waals surface area contributed by atoms with Crippen molar-refractivity contribution in [2.45, 2.75) is 37.5 Å². The molecule has 0 bridgehead atoms. The van der Waals surface area contributed by atoms with Gasteiger partial charge in [0.2, 0.25) is 4.87 Å². The lowest BCUT2D eigenvalue weighted by atomic mass is 9.89. The summed E-state index contributed by atoms with van der Waals surface area (Å²) in [5.41, 5.74) is 0.962. The summed E-state index contributed by atoms with van der Waals surface area (Å²) < 4.78 is 4.59. The molecule has 1 atom stereocenters. The number of carbonyl (C=O) groups is 2. The Morgan fingerprint density at radius 1 is 1.60 bits per heavy atom. The van der Waals surface area contributed by atoms with Crippen molar-refractivity contribution in [2.24, 2.45) is 0 Å². The van der Waals surface area contributed by atoms with Crippen molar-refractivity contribution < 1.29 is 14.3 Å². The molecule has 0 saturated heterocycles. The lowest BCUT2D eigenvalue weighted by Gasteiger charge is -2.24. The fraction of sp³-hybridized carbons (Fsp3) is 0.636. The van der Waals surface area contributed by atoms with Crippen LogP contribution in [0.3, 0.4) is 0 Å². The van der Waals surface area contributed by atoms with Crippen molar-refractivity contribution in [1.29, 1.82) is 0 Å². The second-order valence-electron chi connectivity index (χ2n) is 3.84. The number of alkyl halides is 1. The molecule has 1 aliphatic rings. The fourth-order valence-electron chi connectivity index (χ4n) is 1.71. The van der Waals surface area contributed by atoms with Crippen LogP contribution in [0.4, 0.5) is 0 Å². The van der Waals surface area contributed by atoms with Crippen molar-refractivity contribution in [3.05, 3.63) is 11.6 Å². The Morgan fingerprint density at radius 3 is 2.87 bits per heavy atom. The smallest absolute Gasteiger partial charge is 0.334 e. The molecule has 0 fully saturated rings. The van der Waals surface area contributed by atoms with Gasteiger partial charge in [0.15, 0.2) is 5.78 Å². The molecule has 0 spiro atoms. The molecule has 1 unspecified atom stereocenters. The molecule has 0 aromatic rings. The van der Waals surface area contributed by atoms with Crippen molar-refractivity contribution in [2.75, 3.05) is 7.11 Å². The molecule has 1 rings (SSSR count). The zero-order valence-corrected chi connectivity index (χ0v) is 9.76. The van der Waals surface area contributed by atoms with E-state index in [4.69, 9.17) is 11.6 Å². The van der Waals surface area contributed by atoms with E-state index in [0.717, 1.165) is 18.4 Å². The number of hydrogen-bond donors (Lipinski definition) is 0. The summed E-state index contributed by atoms with van der Waals surface area (Å²) >= 11 is 6.08. The van der Waals surface area contributed by atoms with Gasteiger partial charge in [-0.2, -0.15) is 0 Å². The molecule has 84 valence electrons. The quantitative estimate of drug-likeness (QED) is 0.300. The maximum Gasteiger partial charge on any atom is 0.334 e. The molecule has 3 nitrogen and oxygen atoms in total. The van der Waals surface area contributed by atoms with Crippen LogP contribution in [-0.4, -0.2) is 23.7 Å². The van der Waals surface area contributed by atoms with Gasteiger partial charge < -0.3 is 4.74 Å². The van der Waals surface area contributed by atoms with Crippen LogP contribution in [0.2, 0.25) is 0 Å². The lowest BCUT2D eigenvalue weighted by Crippen LogP contribution is -2.42. The highest BCUT2D eigenvalue weighted by molar-refractivity contribution is 6.45. The maximum absolute atomic E-state index is 11.8. The molecule has 1 aliphatic carbocycles. The van der Waals surface area contributed by atoms with Crippen LogP contribution in [0.1, 0.15) is 32.6 Å². The average Bonchev–Trinajstić information content (AvgIpc) is 2.20. The number of halogens is 1. The van der Waals surface area contributed by atoms with E-state index in [1.807, 2.05) is 13.0 Å². The highest BCUT2D eigenvalue weighted by Crippen LogP contribution is 2.31. The SMILES string of the molecule is COC(=O)C1(Cl)CC(C)=CCCCC1=O. The minimum atomic E-state index is -1.50. The van der Waals surface area contributed by atoms with Crippen LogP contribution in [0.5, 0.6) is 0 Å². The summed E-state index contributed by atoms with van der Waals surface area (Å²) in [6.07, 6.45) is 4.21. The molecule has 0 aliphatic heterocycles. The van der Waals surface area contributed by atoms with Crippen molar-refractivity contribution in [3.8, 4) is 0 Å². The number of carbonyl (C=O) groups excluding carboxylic acids is 2. The highest BCUT2D eigenvalue weighted by Gasteiger charge is 2.44. The van der Waals surface area contributed by atoms with Gasteiger partial charge in [0.1, 0.15) is 0 Å². The van der Waals surface area contributed by atoms with Gasteiger partial charge in [0, 0.05) is 12.8 Å². The zero-order chi connectivity index (χ0) is 11.5. The Morgan fingerprint density at radius 2 is 2.27 bits per heavy atom. The number of methoxy groups -OCH3 is 1. The number of esters is 1. The molecule has 0 saturated carbocycles. The predicted molar refractivity (Wildman–Crippen MR) is 57.8 cm³/mol. The number of ketones is 1. The Bertz CT molecular complexity index is 309. The molecule has 0 aromatic carbocycles. The first kappa shape index (κ1) is 12.2. The summed E-state index contributed by atoms with van der Waals surface area (Å²) in [4.78, 5) is 21.8. The first-order valence-electron chi connectivity index (χ1n) is 4.97. The molecule has 0 amide bonds. The van der Waals surface area contributed by atoms with Gasteiger partial charge in [-0.25, -0.2) is 4.79 Å². The minimum Gasteiger partial charge on any atom is -0.467 e. The van der Waals surface area contributed by atoms with Crippen LogP contribution in [-0.2, 0) is 14.3 Å². The Kier molecular flexibility index (Phi) is 3.91. The van der Waals surface area contributed by atoms with Crippen LogP contribution >= 0.6 is 11.6 Å². The van der Waals surface area contributed by atoms with E-state index in [9.17, 15) is 9.59 Å². The largest absolute Gasteiger partial charge is 0.467 e. The second-order valence-corrected chi connectivity index (χ2v) is 4.48. The topological polar surface area (TPSA) is 43.4 Å². The Labute approximate surface area is 94.4 Å². The third-order valence-corrected chi connectivity index (χ3v) is 3.07. The van der Waals surface area contributed by atoms with Crippen molar-refractivity contribution in [1.82, 2.24) is 0 Å². The van der Waals surface area contributed by atoms with E-state index < -0.39 is 10.8 Å². The monoisotopic (exact) mass is 230 g/mol. The van der Waals surface area contributed by atoms with Gasteiger partial charge in [-0.05, 0) is 19.8 Å². The maximum atomic E-state index is 11.8. The fourth-order valence-corrected chi connectivity index (χ4v) is 2.09. The number of Topliss-reactive ketones (excluding diaryl/α,β-unsaturated/α-hetero) is 1. The molecule has 15 heavy (non-hydrogen) atoms. The van der Waals surface area contributed by atoms with Gasteiger partial charge >= 0.3 is 5.97 Å². The first-order valence-corrected chi connectivity index (χ1v) is 5.35. The number of allylic oxidation sites excluding steroid dienone is 2. The second kappa shape index (κ2) is 4.79. The molecule has 0 aromatic heterocycles. The van der Waals surface area contributed by atoms with Gasteiger partial charge in [0.05, 0.1) is 7.11 Å². The third-order valence-electron chi connectivity index (χ3n) is 2.57. The first-order chi connectivity index (χ1) is 7.00. The van der Waals surface area contributed by atoms with Gasteiger partial charge in [-0.15, -0.1) is 0 Å². The van der Waals surface area contributed by atoms with Gasteiger partial charge in [-0.3, -0.25) is 4.79 Å². The molecule has 0 heterocycles. The molecular weight excluding hydrogens is 216 g/mol. The summed E-state index contributed by atoms with van der Waals surface area (Å²) in [6.45, 7) is 1.87. The zero-order valence-electron chi connectivity index (χ0n) is 9.01. The van der Waals surface area contributed by atoms with E-state index in [1.54, 1.807) is 0 Å². The Hall–Kier alpha value is -0.830. The van der Waals surface area contributed by atoms with E-state index in [-0.39, 0.29) is 12.2 Å². The van der Waals surface area contributed by atoms with Crippen LogP contribution in [0, 0.1) is 0 Å². The summed E-state index contributed by atoms with van der Waals surface area (Å²) in [5.74, 6) is -0.882. The molecule has 0 radical (unpaired) electrons. The van der Waals surface area contributed by atoms with Crippen LogP contribution in [0.25, 0.3) is 0 Å². The van der Waals surface area contributed by atoms with Gasteiger partial charge in [0.25, 0.3) is 0 Å². The molecular formula is C11H15ClO3. The van der Waals surface area contributed by atoms with Gasteiger partial charge in [-0.1, -0.05) is 23.3 Å². The summed E-state index contributed by atoms with van der Waals surface area (Å²) in [5, 5.41) is 0. The normalized spacial score (nSPS) is 27.7. The summed E-state index contributed by atoms with van der Waals surface area (Å²) in [6, 6.07) is 0. The van der Waals surface area contributed by atoms with Crippen molar-refractivity contribution >= 4 is 23.4 Å². The van der Waals surface area contributed by atoms with Crippen molar-refractivity contribution in [3.63, 3.8) is 0 Å². The number of ether oxygens (including phenoxy) is 1. The average molecular weight is 231 g/mol. The molecule has 4 heteroatoms. The van der Waals surface area contributed by atoms with Crippen LogP contribution in [0.15, 0.2) is 11.6 Å². The standard InChI is InChI=1S/C11H15ClO3/c1-8-5-3-4-6-9(13)11(12,7-8)10(14)15-2/h5H,3-4,6-7H2,1-2H3. The van der Waals surface area contributed by atoms with E-state index in [2.05, 4.69) is 4.74 Å². The minimum absolute atomic E-state index is 0.233. The predicted octanol–water partition coefficient (Wildman–Crippen LogP) is 2.23. The van der Waals surface area contributed by atoms with E-state index >= 15 is 0 Å². The molecule has 0 N–H and O–H groups in total. The van der Waals surface area contributed by atoms with Crippen LogP contribution < -0.4 is 0 Å². The summed E-state index contributed by atoms with van der Waals surface area (Å²) in [7, 11) is 1.25. The Balaban J connectivity index is 2.99. The van der Waals surface area contributed by atoms with E-state index in [0.29, 0.717) is 6.42 Å². The number of hydrogen-bond acceptors (Lipinski definition) is 3. The van der Waals surface area contributed by atoms with E-state index in [1.165, 1.54) is 7.11 Å².